The number of hydrogen-bond acceptors (Lipinski definition) is 4. The predicted octanol–water partition coefficient (Wildman–Crippen LogP) is 3.15. The van der Waals surface area contributed by atoms with E-state index in [9.17, 15) is 18.0 Å². The normalized spacial score (nSPS) is 11.1. The number of alkyl halides is 3. The molecule has 1 N–H and O–H groups in total. The molecule has 0 fully saturated rings. The van der Waals surface area contributed by atoms with Gasteiger partial charge < -0.3 is 10.1 Å². The van der Waals surface area contributed by atoms with E-state index in [-0.39, 0.29) is 17.3 Å². The maximum absolute atomic E-state index is 12.9. The third kappa shape index (κ3) is 3.72. The first kappa shape index (κ1) is 15.7. The van der Waals surface area contributed by atoms with Crippen molar-refractivity contribution in [1.29, 1.82) is 0 Å². The van der Waals surface area contributed by atoms with Gasteiger partial charge in [0.05, 0.1) is 17.9 Å². The van der Waals surface area contributed by atoms with Crippen molar-refractivity contribution in [1.82, 2.24) is 9.97 Å². The SMILES string of the molecule is CCOc1cc(C(=O)Nc2ccccc2C(F)(F)F)ncn1. The summed E-state index contributed by atoms with van der Waals surface area (Å²) in [6, 6.07) is 5.97. The summed E-state index contributed by atoms with van der Waals surface area (Å²) >= 11 is 0. The standard InChI is InChI=1S/C14H12F3N3O2/c1-2-22-12-7-11(18-8-19-12)13(21)20-10-6-4-3-5-9(10)14(15,16)17/h3-8H,2H2,1H3,(H,20,21). The van der Waals surface area contributed by atoms with Crippen LogP contribution in [0.15, 0.2) is 36.7 Å². The van der Waals surface area contributed by atoms with Crippen LogP contribution in [0.1, 0.15) is 23.0 Å². The number of nitrogens with zero attached hydrogens (tertiary/aromatic N) is 2. The van der Waals surface area contributed by atoms with Crippen molar-refractivity contribution in [2.75, 3.05) is 11.9 Å². The van der Waals surface area contributed by atoms with Gasteiger partial charge in [0.25, 0.3) is 5.91 Å². The highest BCUT2D eigenvalue weighted by molar-refractivity contribution is 6.03. The lowest BCUT2D eigenvalue weighted by Crippen LogP contribution is -2.18. The zero-order valence-corrected chi connectivity index (χ0v) is 11.5. The Hall–Kier alpha value is -2.64. The van der Waals surface area contributed by atoms with Gasteiger partial charge in [0.15, 0.2) is 0 Å². The quantitative estimate of drug-likeness (QED) is 0.942. The summed E-state index contributed by atoms with van der Waals surface area (Å²) in [7, 11) is 0. The fourth-order valence-corrected chi connectivity index (χ4v) is 1.72. The van der Waals surface area contributed by atoms with Gasteiger partial charge in [0.2, 0.25) is 5.88 Å². The number of nitrogens with one attached hydrogen (secondary N) is 1. The Morgan fingerprint density at radius 3 is 2.68 bits per heavy atom. The third-order valence-corrected chi connectivity index (χ3v) is 2.65. The van der Waals surface area contributed by atoms with Gasteiger partial charge in [0, 0.05) is 6.07 Å². The Morgan fingerprint density at radius 2 is 2.00 bits per heavy atom. The molecule has 1 heterocycles. The molecule has 22 heavy (non-hydrogen) atoms. The molecule has 0 saturated carbocycles. The Kier molecular flexibility index (Phi) is 4.59. The number of anilines is 1. The van der Waals surface area contributed by atoms with Crippen molar-refractivity contribution < 1.29 is 22.7 Å². The molecule has 2 rings (SSSR count). The molecular formula is C14H12F3N3O2. The average molecular weight is 311 g/mol. The van der Waals surface area contributed by atoms with Crippen LogP contribution in [0.25, 0.3) is 0 Å². The van der Waals surface area contributed by atoms with Gasteiger partial charge in [-0.2, -0.15) is 13.2 Å². The van der Waals surface area contributed by atoms with Gasteiger partial charge in [-0.15, -0.1) is 0 Å². The van der Waals surface area contributed by atoms with Crippen LogP contribution in [-0.4, -0.2) is 22.5 Å². The first-order chi connectivity index (χ1) is 10.4. The number of hydrogen-bond donors (Lipinski definition) is 1. The van der Waals surface area contributed by atoms with Gasteiger partial charge in [0.1, 0.15) is 12.0 Å². The van der Waals surface area contributed by atoms with Crippen LogP contribution in [-0.2, 0) is 6.18 Å². The van der Waals surface area contributed by atoms with Gasteiger partial charge in [-0.1, -0.05) is 12.1 Å². The topological polar surface area (TPSA) is 64.1 Å². The van der Waals surface area contributed by atoms with Crippen molar-refractivity contribution in [3.05, 3.63) is 47.9 Å². The summed E-state index contributed by atoms with van der Waals surface area (Å²) in [5.74, 6) is -0.605. The molecule has 0 saturated heterocycles. The summed E-state index contributed by atoms with van der Waals surface area (Å²) in [5, 5.41) is 2.20. The van der Waals surface area contributed by atoms with Gasteiger partial charge in [-0.05, 0) is 19.1 Å². The lowest BCUT2D eigenvalue weighted by atomic mass is 10.1. The molecule has 0 bridgehead atoms. The monoisotopic (exact) mass is 311 g/mol. The second-order valence-corrected chi connectivity index (χ2v) is 4.17. The summed E-state index contributed by atoms with van der Waals surface area (Å²) in [4.78, 5) is 19.5. The molecule has 0 aliphatic rings. The van der Waals surface area contributed by atoms with Crippen LogP contribution in [0.2, 0.25) is 0 Å². The number of carbonyl (C=O) groups excluding carboxylic acids is 1. The van der Waals surface area contributed by atoms with Crippen molar-refractivity contribution in [2.24, 2.45) is 0 Å². The van der Waals surface area contributed by atoms with E-state index >= 15 is 0 Å². The van der Waals surface area contributed by atoms with Crippen LogP contribution >= 0.6 is 0 Å². The maximum atomic E-state index is 12.9. The summed E-state index contributed by atoms with van der Waals surface area (Å²) in [6.07, 6.45) is -3.46. The van der Waals surface area contributed by atoms with Gasteiger partial charge in [-0.25, -0.2) is 9.97 Å². The predicted molar refractivity (Wildman–Crippen MR) is 72.6 cm³/mol. The van der Waals surface area contributed by atoms with E-state index in [4.69, 9.17) is 4.74 Å². The molecule has 1 aromatic carbocycles. The van der Waals surface area contributed by atoms with Crippen LogP contribution in [0.5, 0.6) is 5.88 Å². The Labute approximate surface area is 124 Å². The van der Waals surface area contributed by atoms with Crippen molar-refractivity contribution in [3.8, 4) is 5.88 Å². The molecule has 8 heteroatoms. The highest BCUT2D eigenvalue weighted by Crippen LogP contribution is 2.34. The van der Waals surface area contributed by atoms with Crippen molar-refractivity contribution in [2.45, 2.75) is 13.1 Å². The number of benzene rings is 1. The summed E-state index contributed by atoms with van der Waals surface area (Å²) in [6.45, 7) is 2.08. The molecular weight excluding hydrogens is 299 g/mol. The third-order valence-electron chi connectivity index (χ3n) is 2.65. The maximum Gasteiger partial charge on any atom is 0.418 e. The van der Waals surface area contributed by atoms with Crippen LogP contribution in [0.3, 0.4) is 0 Å². The summed E-state index contributed by atoms with van der Waals surface area (Å²) < 4.78 is 43.7. The minimum absolute atomic E-state index is 0.0876. The molecule has 1 aromatic heterocycles. The number of amides is 1. The zero-order chi connectivity index (χ0) is 16.2. The number of rotatable bonds is 4. The number of para-hydroxylation sites is 1. The largest absolute Gasteiger partial charge is 0.478 e. The smallest absolute Gasteiger partial charge is 0.418 e. The zero-order valence-electron chi connectivity index (χ0n) is 11.5. The van der Waals surface area contributed by atoms with Gasteiger partial charge in [-0.3, -0.25) is 4.79 Å². The fourth-order valence-electron chi connectivity index (χ4n) is 1.72. The van der Waals surface area contributed by atoms with E-state index in [1.54, 1.807) is 6.92 Å². The Morgan fingerprint density at radius 1 is 1.27 bits per heavy atom. The molecule has 2 aromatic rings. The average Bonchev–Trinajstić information content (AvgIpc) is 2.47. The summed E-state index contributed by atoms with van der Waals surface area (Å²) in [5.41, 5.74) is -1.35. The molecule has 116 valence electrons. The van der Waals surface area contributed by atoms with E-state index in [0.29, 0.717) is 6.61 Å². The highest BCUT2D eigenvalue weighted by atomic mass is 19.4. The highest BCUT2D eigenvalue weighted by Gasteiger charge is 2.33. The number of halogens is 3. The molecule has 5 nitrogen and oxygen atoms in total. The molecule has 0 radical (unpaired) electrons. The van der Waals surface area contributed by atoms with Crippen LogP contribution in [0.4, 0.5) is 18.9 Å². The molecule has 1 amide bonds. The molecule has 0 aliphatic carbocycles. The fraction of sp³-hybridized carbons (Fsp3) is 0.214. The lowest BCUT2D eigenvalue weighted by Gasteiger charge is -2.13. The van der Waals surface area contributed by atoms with Crippen molar-refractivity contribution in [3.63, 3.8) is 0 Å². The first-order valence-electron chi connectivity index (χ1n) is 6.34. The minimum Gasteiger partial charge on any atom is -0.478 e. The van der Waals surface area contributed by atoms with Crippen LogP contribution < -0.4 is 10.1 Å². The number of ether oxygens (including phenoxy) is 1. The Bertz CT molecular complexity index is 674. The Balaban J connectivity index is 2.24. The van der Waals surface area contributed by atoms with E-state index in [1.165, 1.54) is 24.3 Å². The molecule has 0 unspecified atom stereocenters. The molecule has 0 aliphatic heterocycles. The van der Waals surface area contributed by atoms with Gasteiger partial charge >= 0.3 is 6.18 Å². The number of carbonyl (C=O) groups is 1. The lowest BCUT2D eigenvalue weighted by molar-refractivity contribution is -0.136. The number of aromatic nitrogens is 2. The van der Waals surface area contributed by atoms with E-state index in [2.05, 4.69) is 15.3 Å². The van der Waals surface area contributed by atoms with Crippen molar-refractivity contribution >= 4 is 11.6 Å². The van der Waals surface area contributed by atoms with E-state index in [1.807, 2.05) is 0 Å². The second-order valence-electron chi connectivity index (χ2n) is 4.17. The first-order valence-corrected chi connectivity index (χ1v) is 6.34. The molecule has 0 spiro atoms. The van der Waals surface area contributed by atoms with E-state index < -0.39 is 17.6 Å². The van der Waals surface area contributed by atoms with E-state index in [0.717, 1.165) is 12.4 Å². The second kappa shape index (κ2) is 6.42. The molecule has 0 atom stereocenters. The minimum atomic E-state index is -4.56. The van der Waals surface area contributed by atoms with Crippen LogP contribution in [0, 0.1) is 0 Å².